The van der Waals surface area contributed by atoms with Crippen LogP contribution in [0.5, 0.6) is 0 Å². The summed E-state index contributed by atoms with van der Waals surface area (Å²) in [4.78, 5) is 2.74. The Hall–Kier alpha value is -6.14. The Labute approximate surface area is 382 Å². The molecule has 1 aliphatic carbocycles. The molecule has 8 aromatic carbocycles. The van der Waals surface area contributed by atoms with Gasteiger partial charge in [0.15, 0.2) is 0 Å². The lowest BCUT2D eigenvalue weighted by Crippen LogP contribution is -2.60. The van der Waals surface area contributed by atoms with Crippen molar-refractivity contribution >= 4 is 114 Å². The van der Waals surface area contributed by atoms with Crippen molar-refractivity contribution in [3.05, 3.63) is 162 Å². The van der Waals surface area contributed by atoms with Gasteiger partial charge in [0.05, 0.1) is 11.0 Å². The molecule has 0 atom stereocenters. The van der Waals surface area contributed by atoms with Crippen LogP contribution in [0.4, 0.5) is 11.4 Å². The highest BCUT2D eigenvalue weighted by molar-refractivity contribution is 7.27. The molecule has 0 amide bonds. The summed E-state index contributed by atoms with van der Waals surface area (Å²) in [5.41, 5.74) is 20.1. The van der Waals surface area contributed by atoms with Gasteiger partial charge in [-0.1, -0.05) is 140 Å². The Morgan fingerprint density at radius 2 is 1.20 bits per heavy atom. The highest BCUT2D eigenvalue weighted by Gasteiger charge is 2.48. The minimum Gasteiger partial charge on any atom is -0.376 e. The van der Waals surface area contributed by atoms with Crippen LogP contribution in [-0.2, 0) is 16.2 Å². The lowest BCUT2D eigenvalue weighted by molar-refractivity contribution is 0.590. The zero-order valence-electron chi connectivity index (χ0n) is 37.6. The normalized spacial score (nSPS) is 14.9. The van der Waals surface area contributed by atoms with Crippen molar-refractivity contribution in [2.24, 2.45) is 0 Å². The Morgan fingerprint density at radius 1 is 0.516 bits per heavy atom. The van der Waals surface area contributed by atoms with Gasteiger partial charge in [0, 0.05) is 84.7 Å². The molecule has 0 unspecified atom stereocenters. The van der Waals surface area contributed by atoms with Gasteiger partial charge >= 0.3 is 6.85 Å². The zero-order chi connectivity index (χ0) is 43.3. The third-order valence-electron chi connectivity index (χ3n) is 15.3. The fourth-order valence-corrected chi connectivity index (χ4v) is 14.5. The lowest BCUT2D eigenvalue weighted by atomic mass is 9.43. The van der Waals surface area contributed by atoms with Gasteiger partial charge in [-0.15, -0.1) is 22.7 Å². The fraction of sp³-hybridized carbons (Fsp3) is 0.186. The highest BCUT2D eigenvalue weighted by atomic mass is 32.1. The first kappa shape index (κ1) is 37.3. The Morgan fingerprint density at radius 3 is 1.97 bits per heavy atom. The van der Waals surface area contributed by atoms with E-state index in [2.05, 4.69) is 204 Å². The number of fused-ring (bicyclic) bond motifs is 19. The average molecular weight is 859 g/mol. The van der Waals surface area contributed by atoms with E-state index in [-0.39, 0.29) is 23.1 Å². The standard InChI is InChI=1S/C59H47BN2S2/c1-57(2,3)32-21-24-34(25-22-32)62-46-31-50-39(36-16-10-13-19-48(36)63-50)28-41(46)53-54-55-51(52-37-17-11-14-20-49(37)64-56(52)53)40-27-33(58(4,5)6)23-26-45(40)61(55)47-29-38-35-15-9-12-18-42(35)59(7,8)43(38)30-44(47)60(54)62/h9-31H,1-8H3. The van der Waals surface area contributed by atoms with Crippen LogP contribution >= 0.6 is 22.7 Å². The summed E-state index contributed by atoms with van der Waals surface area (Å²) >= 11 is 3.91. The SMILES string of the molecule is CC(C)(C)c1ccc(N2B3c4cc5c(cc4-n4c6ccc(C(C)(C)C)cc6c6c7c(sc8ccccc87)c(c3c64)-c3cc4c(cc32)sc2ccccc24)-c2ccccc2C5(C)C)cc1. The molecule has 0 fully saturated rings. The van der Waals surface area contributed by atoms with Gasteiger partial charge in [-0.2, -0.15) is 0 Å². The largest absolute Gasteiger partial charge is 0.376 e. The third-order valence-corrected chi connectivity index (χ3v) is 17.6. The van der Waals surface area contributed by atoms with Crippen molar-refractivity contribution in [3.63, 3.8) is 0 Å². The molecule has 0 spiro atoms. The number of anilines is 2. The summed E-state index contributed by atoms with van der Waals surface area (Å²) in [6.07, 6.45) is 0. The Kier molecular flexibility index (Phi) is 7.07. The lowest BCUT2D eigenvalue weighted by Gasteiger charge is -2.42. The molecule has 5 heterocycles. The average Bonchev–Trinajstić information content (AvgIpc) is 4.00. The molecule has 3 aromatic heterocycles. The molecule has 0 N–H and O–H groups in total. The minimum absolute atomic E-state index is 0.00692. The van der Waals surface area contributed by atoms with Crippen molar-refractivity contribution in [2.75, 3.05) is 4.81 Å². The maximum Gasteiger partial charge on any atom is 0.333 e. The molecule has 308 valence electrons. The van der Waals surface area contributed by atoms with Crippen LogP contribution in [0.2, 0.25) is 0 Å². The van der Waals surface area contributed by atoms with Crippen LogP contribution in [0.1, 0.15) is 77.6 Å². The van der Waals surface area contributed by atoms with E-state index in [4.69, 9.17) is 0 Å². The summed E-state index contributed by atoms with van der Waals surface area (Å²) in [6.45, 7) is 18.8. The van der Waals surface area contributed by atoms with Crippen LogP contribution < -0.4 is 15.7 Å². The summed E-state index contributed by atoms with van der Waals surface area (Å²) in [5.74, 6) is 0. The van der Waals surface area contributed by atoms with Crippen molar-refractivity contribution < 1.29 is 0 Å². The zero-order valence-corrected chi connectivity index (χ0v) is 39.2. The second-order valence-electron chi connectivity index (χ2n) is 21.3. The van der Waals surface area contributed by atoms with E-state index in [1.807, 2.05) is 22.7 Å². The summed E-state index contributed by atoms with van der Waals surface area (Å²) < 4.78 is 8.11. The van der Waals surface area contributed by atoms with E-state index < -0.39 is 0 Å². The molecule has 0 saturated carbocycles. The molecule has 3 aliphatic rings. The monoisotopic (exact) mass is 858 g/mol. The smallest absolute Gasteiger partial charge is 0.333 e. The number of rotatable bonds is 1. The first-order valence-corrected chi connectivity index (χ1v) is 24.5. The van der Waals surface area contributed by atoms with Crippen molar-refractivity contribution in [2.45, 2.75) is 71.6 Å². The molecule has 5 heteroatoms. The molecule has 14 rings (SSSR count). The topological polar surface area (TPSA) is 8.17 Å². The maximum absolute atomic E-state index is 2.74. The minimum atomic E-state index is -0.149. The molecular weight excluding hydrogens is 812 g/mol. The summed E-state index contributed by atoms with van der Waals surface area (Å²) in [5, 5.41) is 8.15. The number of hydrogen-bond acceptors (Lipinski definition) is 3. The maximum atomic E-state index is 2.74. The van der Waals surface area contributed by atoms with E-state index in [1.165, 1.54) is 135 Å². The van der Waals surface area contributed by atoms with Gasteiger partial charge in [-0.05, 0) is 110 Å². The van der Waals surface area contributed by atoms with Crippen molar-refractivity contribution in [3.8, 4) is 27.9 Å². The second-order valence-corrected chi connectivity index (χ2v) is 23.4. The first-order chi connectivity index (χ1) is 30.8. The van der Waals surface area contributed by atoms with E-state index in [0.717, 1.165) is 0 Å². The molecule has 64 heavy (non-hydrogen) atoms. The molecular formula is C59H47BN2S2. The number of aromatic nitrogens is 1. The molecule has 0 saturated heterocycles. The number of nitrogens with zero attached hydrogens (tertiary/aromatic N) is 2. The predicted octanol–water partition coefficient (Wildman–Crippen LogP) is 15.7. The predicted molar refractivity (Wildman–Crippen MR) is 281 cm³/mol. The van der Waals surface area contributed by atoms with Gasteiger partial charge < -0.3 is 9.38 Å². The Balaban J connectivity index is 1.23. The van der Waals surface area contributed by atoms with E-state index in [9.17, 15) is 0 Å². The molecule has 11 aromatic rings. The van der Waals surface area contributed by atoms with Crippen molar-refractivity contribution in [1.29, 1.82) is 0 Å². The van der Waals surface area contributed by atoms with Crippen LogP contribution in [-0.4, -0.2) is 11.4 Å². The second kappa shape index (κ2) is 12.1. The van der Waals surface area contributed by atoms with Gasteiger partial charge in [0.1, 0.15) is 0 Å². The van der Waals surface area contributed by atoms with Crippen LogP contribution in [0.3, 0.4) is 0 Å². The molecule has 0 bridgehead atoms. The molecule has 2 nitrogen and oxygen atoms in total. The number of benzene rings is 8. The number of hydrogen-bond donors (Lipinski definition) is 0. The van der Waals surface area contributed by atoms with E-state index in [1.54, 1.807) is 0 Å². The molecule has 2 aliphatic heterocycles. The van der Waals surface area contributed by atoms with E-state index >= 15 is 0 Å². The Bertz CT molecular complexity index is 3900. The fourth-order valence-electron chi connectivity index (χ4n) is 12.1. The highest BCUT2D eigenvalue weighted by Crippen LogP contribution is 2.56. The van der Waals surface area contributed by atoms with Crippen LogP contribution in [0.25, 0.3) is 90.1 Å². The summed E-state index contributed by atoms with van der Waals surface area (Å²) in [6, 6.07) is 54.6. The van der Waals surface area contributed by atoms with Gasteiger partial charge in [0.2, 0.25) is 0 Å². The van der Waals surface area contributed by atoms with Gasteiger partial charge in [-0.3, -0.25) is 0 Å². The van der Waals surface area contributed by atoms with Crippen LogP contribution in [0.15, 0.2) is 140 Å². The van der Waals surface area contributed by atoms with Crippen molar-refractivity contribution in [1.82, 2.24) is 4.57 Å². The first-order valence-electron chi connectivity index (χ1n) is 22.9. The van der Waals surface area contributed by atoms with Crippen LogP contribution in [0, 0.1) is 0 Å². The van der Waals surface area contributed by atoms with E-state index in [0.29, 0.717) is 0 Å². The summed E-state index contributed by atoms with van der Waals surface area (Å²) in [7, 11) is 0. The quantitative estimate of drug-likeness (QED) is 0.149. The molecule has 0 radical (unpaired) electrons. The van der Waals surface area contributed by atoms with Gasteiger partial charge in [0.25, 0.3) is 0 Å². The third kappa shape index (κ3) is 4.66. The van der Waals surface area contributed by atoms with Gasteiger partial charge in [-0.25, -0.2) is 0 Å². The number of thiophene rings is 2.